The zero-order valence-corrected chi connectivity index (χ0v) is 13.2. The van der Waals surface area contributed by atoms with Crippen LogP contribution in [0.3, 0.4) is 0 Å². The van der Waals surface area contributed by atoms with Crippen LogP contribution in [0.1, 0.15) is 74.1 Å². The molecule has 1 aliphatic rings. The largest absolute Gasteiger partial charge is 0.0651 e. The van der Waals surface area contributed by atoms with E-state index in [1.165, 1.54) is 25.7 Å². The zero-order valence-electron chi connectivity index (χ0n) is 13.2. The molecule has 0 heteroatoms. The van der Waals surface area contributed by atoms with Gasteiger partial charge in [-0.1, -0.05) is 54.9 Å². The molecule has 0 aromatic rings. The Kier molecular flexibility index (Phi) is 5.10. The fourth-order valence-corrected chi connectivity index (χ4v) is 3.18. The van der Waals surface area contributed by atoms with Crippen LogP contribution >= 0.6 is 0 Å². The molecule has 102 valence electrons. The molecule has 0 saturated heterocycles. The average molecular weight is 238 g/mol. The Labute approximate surface area is 110 Å². The predicted molar refractivity (Wildman–Crippen MR) is 78.1 cm³/mol. The number of hydrogen-bond acceptors (Lipinski definition) is 0. The van der Waals surface area contributed by atoms with Gasteiger partial charge in [0, 0.05) is 0 Å². The van der Waals surface area contributed by atoms with E-state index in [1.54, 1.807) is 0 Å². The second-order valence-corrected chi connectivity index (χ2v) is 7.75. The van der Waals surface area contributed by atoms with E-state index < -0.39 is 0 Å². The molecule has 0 bridgehead atoms. The first-order chi connectivity index (χ1) is 7.77. The van der Waals surface area contributed by atoms with Crippen molar-refractivity contribution in [3.63, 3.8) is 0 Å². The van der Waals surface area contributed by atoms with Crippen LogP contribution in [0, 0.1) is 35.0 Å². The third kappa shape index (κ3) is 3.73. The lowest BCUT2D eigenvalue weighted by Crippen LogP contribution is -2.36. The van der Waals surface area contributed by atoms with E-state index in [2.05, 4.69) is 48.5 Å². The van der Waals surface area contributed by atoms with Gasteiger partial charge in [0.25, 0.3) is 0 Å². The molecule has 0 nitrogen and oxygen atoms in total. The van der Waals surface area contributed by atoms with E-state index in [-0.39, 0.29) is 0 Å². The average Bonchev–Trinajstić information content (AvgIpc) is 2.21. The monoisotopic (exact) mass is 238 g/mol. The highest BCUT2D eigenvalue weighted by molar-refractivity contribution is 4.88. The lowest BCUT2D eigenvalue weighted by molar-refractivity contribution is 0.0466. The van der Waals surface area contributed by atoms with Crippen LogP contribution in [0.15, 0.2) is 0 Å². The van der Waals surface area contributed by atoms with Gasteiger partial charge < -0.3 is 0 Å². The van der Waals surface area contributed by atoms with Crippen molar-refractivity contribution in [2.45, 2.75) is 74.1 Å². The molecule has 1 rings (SSSR count). The summed E-state index contributed by atoms with van der Waals surface area (Å²) in [5, 5.41) is 0. The fourth-order valence-electron chi connectivity index (χ4n) is 3.18. The Morgan fingerprint density at radius 2 is 1.65 bits per heavy atom. The fraction of sp³-hybridized carbons (Fsp3) is 1.00. The maximum Gasteiger partial charge on any atom is -0.0357 e. The smallest absolute Gasteiger partial charge is 0.0357 e. The summed E-state index contributed by atoms with van der Waals surface area (Å²) in [6.07, 6.45) is 5.78. The third-order valence-electron chi connectivity index (χ3n) is 5.83. The zero-order chi connectivity index (χ0) is 13.2. The van der Waals surface area contributed by atoms with Crippen molar-refractivity contribution in [3.05, 3.63) is 0 Å². The lowest BCUT2D eigenvalue weighted by Gasteiger charge is -2.45. The molecule has 1 aliphatic carbocycles. The van der Waals surface area contributed by atoms with Crippen molar-refractivity contribution in [1.29, 1.82) is 0 Å². The summed E-state index contributed by atoms with van der Waals surface area (Å²) in [5.74, 6) is 4.75. The van der Waals surface area contributed by atoms with Crippen molar-refractivity contribution in [1.82, 2.24) is 0 Å². The van der Waals surface area contributed by atoms with Crippen molar-refractivity contribution in [2.75, 3.05) is 0 Å². The third-order valence-corrected chi connectivity index (χ3v) is 5.83. The summed E-state index contributed by atoms with van der Waals surface area (Å²) >= 11 is 0. The van der Waals surface area contributed by atoms with Gasteiger partial charge in [0.2, 0.25) is 0 Å². The van der Waals surface area contributed by atoms with Gasteiger partial charge in [-0.15, -0.1) is 0 Å². The Bertz CT molecular complexity index is 223. The topological polar surface area (TPSA) is 0 Å². The van der Waals surface area contributed by atoms with Crippen LogP contribution in [-0.2, 0) is 0 Å². The Morgan fingerprint density at radius 3 is 2.00 bits per heavy atom. The van der Waals surface area contributed by atoms with Crippen LogP contribution in [0.4, 0.5) is 0 Å². The molecule has 5 atom stereocenters. The molecule has 0 amide bonds. The van der Waals surface area contributed by atoms with Crippen molar-refractivity contribution < 1.29 is 0 Å². The molecule has 0 radical (unpaired) electrons. The lowest BCUT2D eigenvalue weighted by atomic mass is 9.60. The van der Waals surface area contributed by atoms with Crippen LogP contribution < -0.4 is 0 Å². The van der Waals surface area contributed by atoms with E-state index in [4.69, 9.17) is 0 Å². The molecule has 0 N–H and O–H groups in total. The molecule has 0 spiro atoms. The first-order valence-corrected chi connectivity index (χ1v) is 7.77. The Hall–Kier alpha value is 0. The van der Waals surface area contributed by atoms with E-state index in [0.717, 1.165) is 29.6 Å². The second kappa shape index (κ2) is 5.76. The van der Waals surface area contributed by atoms with Gasteiger partial charge in [0.1, 0.15) is 0 Å². The highest BCUT2D eigenvalue weighted by Crippen LogP contribution is 2.47. The number of hydrogen-bond donors (Lipinski definition) is 0. The van der Waals surface area contributed by atoms with E-state index in [9.17, 15) is 0 Å². The van der Waals surface area contributed by atoms with E-state index in [0.29, 0.717) is 5.41 Å². The summed E-state index contributed by atoms with van der Waals surface area (Å²) in [6.45, 7) is 16.9. The van der Waals surface area contributed by atoms with Gasteiger partial charge in [-0.3, -0.25) is 0 Å². The first-order valence-electron chi connectivity index (χ1n) is 7.77. The summed E-state index contributed by atoms with van der Waals surface area (Å²) < 4.78 is 0. The van der Waals surface area contributed by atoms with Crippen molar-refractivity contribution in [3.8, 4) is 0 Å². The second-order valence-electron chi connectivity index (χ2n) is 7.75. The highest BCUT2D eigenvalue weighted by Gasteiger charge is 2.38. The summed E-state index contributed by atoms with van der Waals surface area (Å²) in [5.41, 5.74) is 0.486. The molecule has 1 saturated carbocycles. The van der Waals surface area contributed by atoms with Crippen molar-refractivity contribution in [2.24, 2.45) is 35.0 Å². The summed E-state index contributed by atoms with van der Waals surface area (Å²) in [7, 11) is 0. The molecule has 0 aromatic carbocycles. The van der Waals surface area contributed by atoms with Gasteiger partial charge in [-0.25, -0.2) is 0 Å². The minimum Gasteiger partial charge on any atom is -0.0651 e. The van der Waals surface area contributed by atoms with Crippen LogP contribution in [0.5, 0.6) is 0 Å². The highest BCUT2D eigenvalue weighted by atomic mass is 14.4. The molecule has 0 heterocycles. The quantitative estimate of drug-likeness (QED) is 0.570. The maximum absolute atomic E-state index is 2.49. The summed E-state index contributed by atoms with van der Waals surface area (Å²) in [6, 6.07) is 0. The number of rotatable bonds is 5. The van der Waals surface area contributed by atoms with Gasteiger partial charge in [0.05, 0.1) is 0 Å². The van der Waals surface area contributed by atoms with Crippen molar-refractivity contribution >= 4 is 0 Å². The van der Waals surface area contributed by atoms with Gasteiger partial charge in [-0.2, -0.15) is 0 Å². The molecule has 17 heavy (non-hydrogen) atoms. The molecular formula is C17H34. The van der Waals surface area contributed by atoms with Crippen LogP contribution in [0.25, 0.3) is 0 Å². The molecular weight excluding hydrogens is 204 g/mol. The molecule has 0 aromatic heterocycles. The predicted octanol–water partition coefficient (Wildman–Crippen LogP) is 5.77. The van der Waals surface area contributed by atoms with E-state index in [1.807, 2.05) is 0 Å². The van der Waals surface area contributed by atoms with Gasteiger partial charge in [-0.05, 0) is 54.3 Å². The summed E-state index contributed by atoms with van der Waals surface area (Å²) in [4.78, 5) is 0. The van der Waals surface area contributed by atoms with E-state index >= 15 is 0 Å². The molecule has 0 aliphatic heterocycles. The minimum atomic E-state index is 0.486. The maximum atomic E-state index is 2.49. The SMILES string of the molecule is CCC(C)C(C)C1CCC1CC(C)C(C)(C)C. The van der Waals surface area contributed by atoms with Gasteiger partial charge in [0.15, 0.2) is 0 Å². The standard InChI is InChI=1S/C17H34/c1-8-12(2)14(4)16-10-9-15(16)11-13(3)17(5,6)7/h12-16H,8-11H2,1-7H3. The molecule has 5 unspecified atom stereocenters. The van der Waals surface area contributed by atoms with Crippen LogP contribution in [0.2, 0.25) is 0 Å². The van der Waals surface area contributed by atoms with Gasteiger partial charge >= 0.3 is 0 Å². The Balaban J connectivity index is 2.46. The van der Waals surface area contributed by atoms with Crippen LogP contribution in [-0.4, -0.2) is 0 Å². The molecule has 1 fully saturated rings. The minimum absolute atomic E-state index is 0.486. The normalized spacial score (nSPS) is 30.5. The Morgan fingerprint density at radius 1 is 1.06 bits per heavy atom. The first kappa shape index (κ1) is 15.1.